The fourth-order valence-electron chi connectivity index (χ4n) is 2.34. The monoisotopic (exact) mass is 310 g/mol. The van der Waals surface area contributed by atoms with Crippen LogP contribution in [0.1, 0.15) is 18.4 Å². The minimum atomic E-state index is -0.344. The van der Waals surface area contributed by atoms with Crippen molar-refractivity contribution in [2.45, 2.75) is 25.5 Å². The number of halogens is 1. The highest BCUT2D eigenvalue weighted by molar-refractivity contribution is 6.27. The Morgan fingerprint density at radius 3 is 2.81 bits per heavy atom. The maximum atomic E-state index is 12.0. The summed E-state index contributed by atoms with van der Waals surface area (Å²) < 4.78 is 5.30. The summed E-state index contributed by atoms with van der Waals surface area (Å²) >= 11 is 5.47. The van der Waals surface area contributed by atoms with E-state index in [0.29, 0.717) is 13.1 Å². The Morgan fingerprint density at radius 2 is 2.10 bits per heavy atom. The summed E-state index contributed by atoms with van der Waals surface area (Å²) in [5.41, 5.74) is 0.954. The van der Waals surface area contributed by atoms with E-state index in [1.807, 2.05) is 30.3 Å². The Kier molecular flexibility index (Phi) is 5.87. The van der Waals surface area contributed by atoms with Crippen molar-refractivity contribution in [3.63, 3.8) is 0 Å². The van der Waals surface area contributed by atoms with Crippen molar-refractivity contribution in [2.75, 3.05) is 19.0 Å². The molecule has 1 aromatic rings. The molecule has 1 heterocycles. The van der Waals surface area contributed by atoms with Crippen molar-refractivity contribution in [3.8, 4) is 0 Å². The number of likely N-dealkylation sites (tertiary alicyclic amines) is 1. The molecule has 1 fully saturated rings. The Hall–Kier alpha value is -1.75. The molecule has 0 spiro atoms. The van der Waals surface area contributed by atoms with Gasteiger partial charge in [-0.25, -0.2) is 4.79 Å². The lowest BCUT2D eigenvalue weighted by molar-refractivity contribution is -0.119. The number of piperidine rings is 1. The van der Waals surface area contributed by atoms with E-state index in [0.717, 1.165) is 18.4 Å². The van der Waals surface area contributed by atoms with Crippen LogP contribution in [0, 0.1) is 0 Å². The van der Waals surface area contributed by atoms with Gasteiger partial charge in [-0.15, -0.1) is 11.6 Å². The molecule has 1 aliphatic heterocycles. The molecule has 1 N–H and O–H groups in total. The van der Waals surface area contributed by atoms with E-state index in [1.165, 1.54) is 0 Å². The van der Waals surface area contributed by atoms with Gasteiger partial charge < -0.3 is 15.0 Å². The van der Waals surface area contributed by atoms with Crippen LogP contribution in [0.3, 0.4) is 0 Å². The fraction of sp³-hybridized carbons (Fsp3) is 0.467. The summed E-state index contributed by atoms with van der Waals surface area (Å²) in [5, 5.41) is 2.81. The van der Waals surface area contributed by atoms with Crippen LogP contribution in [-0.4, -0.2) is 41.9 Å². The quantitative estimate of drug-likeness (QED) is 0.867. The van der Waals surface area contributed by atoms with Crippen molar-refractivity contribution >= 4 is 23.6 Å². The maximum absolute atomic E-state index is 12.0. The lowest BCUT2D eigenvalue weighted by Gasteiger charge is -2.32. The molecule has 21 heavy (non-hydrogen) atoms. The van der Waals surface area contributed by atoms with Gasteiger partial charge in [-0.2, -0.15) is 0 Å². The SMILES string of the molecule is O=C(CCl)NC1CCCN(C(=O)OCc2ccccc2)C1. The van der Waals surface area contributed by atoms with Crippen LogP contribution in [0.5, 0.6) is 0 Å². The number of alkyl halides is 1. The number of carbonyl (C=O) groups is 2. The van der Waals surface area contributed by atoms with Gasteiger partial charge in [-0.05, 0) is 18.4 Å². The topological polar surface area (TPSA) is 58.6 Å². The summed E-state index contributed by atoms with van der Waals surface area (Å²) in [6, 6.07) is 9.50. The second kappa shape index (κ2) is 7.88. The van der Waals surface area contributed by atoms with Crippen LogP contribution >= 0.6 is 11.6 Å². The lowest BCUT2D eigenvalue weighted by atomic mass is 10.1. The highest BCUT2D eigenvalue weighted by atomic mass is 35.5. The third-order valence-electron chi connectivity index (χ3n) is 3.37. The van der Waals surface area contributed by atoms with Gasteiger partial charge in [0, 0.05) is 19.1 Å². The molecule has 0 radical (unpaired) electrons. The van der Waals surface area contributed by atoms with Crippen molar-refractivity contribution in [2.24, 2.45) is 0 Å². The molecule has 1 saturated heterocycles. The smallest absolute Gasteiger partial charge is 0.410 e. The van der Waals surface area contributed by atoms with Crippen LogP contribution in [-0.2, 0) is 16.1 Å². The Morgan fingerprint density at radius 1 is 1.33 bits per heavy atom. The molecule has 0 bridgehead atoms. The second-order valence-corrected chi connectivity index (χ2v) is 5.29. The highest BCUT2D eigenvalue weighted by Crippen LogP contribution is 2.12. The van der Waals surface area contributed by atoms with E-state index in [2.05, 4.69) is 5.32 Å². The first kappa shape index (κ1) is 15.6. The van der Waals surface area contributed by atoms with Crippen molar-refractivity contribution in [3.05, 3.63) is 35.9 Å². The van der Waals surface area contributed by atoms with E-state index in [1.54, 1.807) is 4.90 Å². The van der Waals surface area contributed by atoms with Crippen molar-refractivity contribution < 1.29 is 14.3 Å². The number of amides is 2. The average Bonchev–Trinajstić information content (AvgIpc) is 2.53. The van der Waals surface area contributed by atoms with E-state index in [-0.39, 0.29) is 30.5 Å². The minimum Gasteiger partial charge on any atom is -0.445 e. The predicted molar refractivity (Wildman–Crippen MR) is 80.1 cm³/mol. The molecule has 1 unspecified atom stereocenters. The standard InChI is InChI=1S/C15H19ClN2O3/c16-9-14(19)17-13-7-4-8-18(10-13)15(20)21-11-12-5-2-1-3-6-12/h1-3,5-6,13H,4,7-11H2,(H,17,19). The third kappa shape index (κ3) is 4.93. The highest BCUT2D eigenvalue weighted by Gasteiger charge is 2.25. The van der Waals surface area contributed by atoms with Gasteiger partial charge in [0.25, 0.3) is 0 Å². The van der Waals surface area contributed by atoms with Crippen LogP contribution < -0.4 is 5.32 Å². The number of hydrogen-bond acceptors (Lipinski definition) is 3. The van der Waals surface area contributed by atoms with E-state index < -0.39 is 0 Å². The van der Waals surface area contributed by atoms with Gasteiger partial charge in [-0.1, -0.05) is 30.3 Å². The zero-order chi connectivity index (χ0) is 15.1. The van der Waals surface area contributed by atoms with Crippen molar-refractivity contribution in [1.29, 1.82) is 0 Å². The molecule has 0 aromatic heterocycles. The number of carbonyl (C=O) groups excluding carboxylic acids is 2. The maximum Gasteiger partial charge on any atom is 0.410 e. The average molecular weight is 311 g/mol. The summed E-state index contributed by atoms with van der Waals surface area (Å²) in [6.45, 7) is 1.38. The summed E-state index contributed by atoms with van der Waals surface area (Å²) in [7, 11) is 0. The molecule has 0 saturated carbocycles. The molecule has 114 valence electrons. The number of hydrogen-bond donors (Lipinski definition) is 1. The Balaban J connectivity index is 1.80. The van der Waals surface area contributed by atoms with Gasteiger partial charge in [0.2, 0.25) is 5.91 Å². The molecule has 1 atom stereocenters. The van der Waals surface area contributed by atoms with Gasteiger partial charge in [0.05, 0.1) is 0 Å². The first-order chi connectivity index (χ1) is 10.2. The molecule has 6 heteroatoms. The fourth-order valence-corrected chi connectivity index (χ4v) is 2.41. The summed E-state index contributed by atoms with van der Waals surface area (Å²) in [6.07, 6.45) is 1.35. The number of nitrogens with zero attached hydrogens (tertiary/aromatic N) is 1. The van der Waals surface area contributed by atoms with Gasteiger partial charge in [0.15, 0.2) is 0 Å². The molecular formula is C15H19ClN2O3. The summed E-state index contributed by atoms with van der Waals surface area (Å²) in [5.74, 6) is -0.268. The first-order valence-electron chi connectivity index (χ1n) is 7.00. The molecule has 2 amide bonds. The number of nitrogens with one attached hydrogen (secondary N) is 1. The molecule has 5 nitrogen and oxygen atoms in total. The molecule has 1 aliphatic rings. The zero-order valence-corrected chi connectivity index (χ0v) is 12.5. The largest absolute Gasteiger partial charge is 0.445 e. The normalized spacial score (nSPS) is 18.1. The van der Waals surface area contributed by atoms with Crippen LogP contribution in [0.4, 0.5) is 4.79 Å². The van der Waals surface area contributed by atoms with Gasteiger partial charge in [0.1, 0.15) is 12.5 Å². The summed E-state index contributed by atoms with van der Waals surface area (Å²) in [4.78, 5) is 25.0. The van der Waals surface area contributed by atoms with Crippen LogP contribution in [0.25, 0.3) is 0 Å². The molecule has 2 rings (SSSR count). The predicted octanol–water partition coefficient (Wildman–Crippen LogP) is 2.14. The Bertz CT molecular complexity index is 481. The second-order valence-electron chi connectivity index (χ2n) is 5.03. The molecule has 0 aliphatic carbocycles. The minimum absolute atomic E-state index is 0.0470. The molecule has 1 aromatic carbocycles. The Labute approximate surface area is 129 Å². The number of benzene rings is 1. The molecular weight excluding hydrogens is 292 g/mol. The lowest BCUT2D eigenvalue weighted by Crippen LogP contribution is -2.50. The number of ether oxygens (including phenoxy) is 1. The first-order valence-corrected chi connectivity index (χ1v) is 7.53. The van der Waals surface area contributed by atoms with Crippen molar-refractivity contribution in [1.82, 2.24) is 10.2 Å². The number of rotatable bonds is 4. The zero-order valence-electron chi connectivity index (χ0n) is 11.8. The van der Waals surface area contributed by atoms with Crippen LogP contribution in [0.15, 0.2) is 30.3 Å². The van der Waals surface area contributed by atoms with E-state index in [9.17, 15) is 9.59 Å². The third-order valence-corrected chi connectivity index (χ3v) is 3.61. The van der Waals surface area contributed by atoms with Crippen LogP contribution in [0.2, 0.25) is 0 Å². The van der Waals surface area contributed by atoms with Gasteiger partial charge >= 0.3 is 6.09 Å². The van der Waals surface area contributed by atoms with Gasteiger partial charge in [-0.3, -0.25) is 4.79 Å². The van der Waals surface area contributed by atoms with E-state index >= 15 is 0 Å². The van der Waals surface area contributed by atoms with E-state index in [4.69, 9.17) is 16.3 Å².